The summed E-state index contributed by atoms with van der Waals surface area (Å²) in [5.74, 6) is 2.71. The zero-order valence-electron chi connectivity index (χ0n) is 7.42. The highest BCUT2D eigenvalue weighted by Gasteiger charge is 2.09. The minimum absolute atomic E-state index is 0.0866. The number of terminal acetylenes is 1. The first-order valence-corrected chi connectivity index (χ1v) is 4.86. The van der Waals surface area contributed by atoms with Crippen LogP contribution in [-0.4, -0.2) is 11.7 Å². The lowest BCUT2D eigenvalue weighted by molar-refractivity contribution is 0.273. The lowest BCUT2D eigenvalue weighted by Crippen LogP contribution is -2.01. The van der Waals surface area contributed by atoms with Gasteiger partial charge in [0.1, 0.15) is 0 Å². The van der Waals surface area contributed by atoms with Gasteiger partial charge in [-0.1, -0.05) is 25.0 Å². The molecule has 0 spiro atoms. The Balaban J connectivity index is 3.22. The molecule has 1 unspecified atom stereocenters. The number of halogens is 1. The summed E-state index contributed by atoms with van der Waals surface area (Å²) in [4.78, 5) is 0. The van der Waals surface area contributed by atoms with Crippen LogP contribution in [0.4, 0.5) is 0 Å². The molecule has 0 bridgehead atoms. The second-order valence-electron chi connectivity index (χ2n) is 2.93. The SMILES string of the molecule is C#Cc1c(Br)cccc1C(C)CO. The maximum Gasteiger partial charge on any atom is 0.0497 e. The molecule has 2 heteroatoms. The summed E-state index contributed by atoms with van der Waals surface area (Å²) < 4.78 is 0.910. The molecule has 0 fully saturated rings. The van der Waals surface area contributed by atoms with Crippen molar-refractivity contribution in [2.45, 2.75) is 12.8 Å². The third kappa shape index (κ3) is 2.12. The van der Waals surface area contributed by atoms with Gasteiger partial charge in [0.15, 0.2) is 0 Å². The van der Waals surface area contributed by atoms with E-state index >= 15 is 0 Å². The summed E-state index contributed by atoms with van der Waals surface area (Å²) >= 11 is 3.38. The van der Waals surface area contributed by atoms with E-state index < -0.39 is 0 Å². The monoisotopic (exact) mass is 238 g/mol. The lowest BCUT2D eigenvalue weighted by Gasteiger charge is -2.11. The molecule has 1 nitrogen and oxygen atoms in total. The molecule has 0 saturated carbocycles. The van der Waals surface area contributed by atoms with Crippen LogP contribution in [-0.2, 0) is 0 Å². The van der Waals surface area contributed by atoms with E-state index in [2.05, 4.69) is 21.9 Å². The highest BCUT2D eigenvalue weighted by atomic mass is 79.9. The third-order valence-corrected chi connectivity index (χ3v) is 2.66. The quantitative estimate of drug-likeness (QED) is 0.786. The molecule has 0 amide bonds. The average Bonchev–Trinajstić information content (AvgIpc) is 2.16. The molecule has 1 atom stereocenters. The fourth-order valence-electron chi connectivity index (χ4n) is 1.20. The molecule has 0 heterocycles. The molecular weight excluding hydrogens is 228 g/mol. The van der Waals surface area contributed by atoms with E-state index in [9.17, 15) is 0 Å². The number of hydrogen-bond acceptors (Lipinski definition) is 1. The molecule has 1 aromatic carbocycles. The van der Waals surface area contributed by atoms with Crippen LogP contribution in [0.2, 0.25) is 0 Å². The van der Waals surface area contributed by atoms with E-state index in [1.165, 1.54) is 0 Å². The Morgan fingerprint density at radius 1 is 1.62 bits per heavy atom. The number of rotatable bonds is 2. The van der Waals surface area contributed by atoms with E-state index in [1.807, 2.05) is 25.1 Å². The zero-order valence-corrected chi connectivity index (χ0v) is 9.01. The summed E-state index contributed by atoms with van der Waals surface area (Å²) in [7, 11) is 0. The Kier molecular flexibility index (Phi) is 3.53. The van der Waals surface area contributed by atoms with Gasteiger partial charge in [-0.15, -0.1) is 6.42 Å². The van der Waals surface area contributed by atoms with Crippen molar-refractivity contribution in [1.29, 1.82) is 0 Å². The van der Waals surface area contributed by atoms with Gasteiger partial charge in [0.2, 0.25) is 0 Å². The van der Waals surface area contributed by atoms with Crippen molar-refractivity contribution in [2.75, 3.05) is 6.61 Å². The van der Waals surface area contributed by atoms with Crippen LogP contribution in [0.25, 0.3) is 0 Å². The fourth-order valence-corrected chi connectivity index (χ4v) is 1.70. The van der Waals surface area contributed by atoms with Crippen molar-refractivity contribution in [2.24, 2.45) is 0 Å². The summed E-state index contributed by atoms with van der Waals surface area (Å²) in [5, 5.41) is 9.02. The summed E-state index contributed by atoms with van der Waals surface area (Å²) in [6, 6.07) is 5.77. The largest absolute Gasteiger partial charge is 0.396 e. The standard InChI is InChI=1S/C11H11BrO/c1-3-9-10(8(2)7-13)5-4-6-11(9)12/h1,4-6,8,13H,7H2,2H3. The molecule has 0 aliphatic rings. The zero-order chi connectivity index (χ0) is 9.84. The molecule has 1 rings (SSSR count). The Morgan fingerprint density at radius 3 is 2.85 bits per heavy atom. The molecule has 0 aliphatic carbocycles. The van der Waals surface area contributed by atoms with Gasteiger partial charge < -0.3 is 5.11 Å². The second-order valence-corrected chi connectivity index (χ2v) is 3.79. The molecule has 68 valence electrons. The molecule has 1 aromatic rings. The molecule has 13 heavy (non-hydrogen) atoms. The summed E-state index contributed by atoms with van der Waals surface area (Å²) in [6.07, 6.45) is 5.38. The topological polar surface area (TPSA) is 20.2 Å². The molecule has 0 saturated heterocycles. The number of aliphatic hydroxyl groups excluding tert-OH is 1. The number of aliphatic hydroxyl groups is 1. The molecule has 1 N–H and O–H groups in total. The van der Waals surface area contributed by atoms with Crippen LogP contribution in [0, 0.1) is 12.3 Å². The first kappa shape index (κ1) is 10.3. The normalized spacial score (nSPS) is 12.2. The maximum absolute atomic E-state index is 9.02. The van der Waals surface area contributed by atoms with Crippen LogP contribution in [0.3, 0.4) is 0 Å². The van der Waals surface area contributed by atoms with Gasteiger partial charge >= 0.3 is 0 Å². The van der Waals surface area contributed by atoms with Gasteiger partial charge in [-0.2, -0.15) is 0 Å². The number of benzene rings is 1. The predicted octanol–water partition coefficient (Wildman–Crippen LogP) is 2.53. The first-order valence-electron chi connectivity index (χ1n) is 4.06. The van der Waals surface area contributed by atoms with E-state index in [-0.39, 0.29) is 12.5 Å². The minimum atomic E-state index is 0.0866. The van der Waals surface area contributed by atoms with Crippen LogP contribution in [0.1, 0.15) is 24.0 Å². The van der Waals surface area contributed by atoms with Gasteiger partial charge in [0.25, 0.3) is 0 Å². The fraction of sp³-hybridized carbons (Fsp3) is 0.273. The Bertz CT molecular complexity index is 338. The third-order valence-electron chi connectivity index (χ3n) is 1.99. The van der Waals surface area contributed by atoms with Crippen molar-refractivity contribution >= 4 is 15.9 Å². The smallest absolute Gasteiger partial charge is 0.0497 e. The van der Waals surface area contributed by atoms with Crippen molar-refractivity contribution in [3.05, 3.63) is 33.8 Å². The van der Waals surface area contributed by atoms with Gasteiger partial charge in [0, 0.05) is 22.6 Å². The molecule has 0 radical (unpaired) electrons. The van der Waals surface area contributed by atoms with Crippen molar-refractivity contribution < 1.29 is 5.11 Å². The first-order chi connectivity index (χ1) is 6.20. The van der Waals surface area contributed by atoms with Crippen LogP contribution >= 0.6 is 15.9 Å². The summed E-state index contributed by atoms with van der Waals surface area (Å²) in [5.41, 5.74) is 1.85. The van der Waals surface area contributed by atoms with Crippen molar-refractivity contribution in [3.63, 3.8) is 0 Å². The van der Waals surface area contributed by atoms with Crippen LogP contribution < -0.4 is 0 Å². The highest BCUT2D eigenvalue weighted by Crippen LogP contribution is 2.25. The Hall–Kier alpha value is -0.780. The van der Waals surface area contributed by atoms with Gasteiger partial charge in [-0.3, -0.25) is 0 Å². The van der Waals surface area contributed by atoms with Gasteiger partial charge in [-0.25, -0.2) is 0 Å². The number of hydrogen-bond donors (Lipinski definition) is 1. The maximum atomic E-state index is 9.02. The van der Waals surface area contributed by atoms with Crippen molar-refractivity contribution in [1.82, 2.24) is 0 Å². The van der Waals surface area contributed by atoms with Gasteiger partial charge in [-0.05, 0) is 27.6 Å². The lowest BCUT2D eigenvalue weighted by atomic mass is 9.97. The highest BCUT2D eigenvalue weighted by molar-refractivity contribution is 9.10. The minimum Gasteiger partial charge on any atom is -0.396 e. The van der Waals surface area contributed by atoms with E-state index in [0.717, 1.165) is 15.6 Å². The Labute approximate surface area is 86.9 Å². The molecule has 0 aliphatic heterocycles. The molecule has 0 aromatic heterocycles. The van der Waals surface area contributed by atoms with E-state index in [1.54, 1.807) is 0 Å². The average molecular weight is 239 g/mol. The van der Waals surface area contributed by atoms with Crippen LogP contribution in [0.15, 0.2) is 22.7 Å². The van der Waals surface area contributed by atoms with E-state index in [0.29, 0.717) is 0 Å². The second kappa shape index (κ2) is 4.45. The summed E-state index contributed by atoms with van der Waals surface area (Å²) in [6.45, 7) is 2.06. The molecular formula is C11H11BrO. The van der Waals surface area contributed by atoms with Gasteiger partial charge in [0.05, 0.1) is 0 Å². The Morgan fingerprint density at radius 2 is 2.31 bits per heavy atom. The van der Waals surface area contributed by atoms with Crippen molar-refractivity contribution in [3.8, 4) is 12.3 Å². The van der Waals surface area contributed by atoms with E-state index in [4.69, 9.17) is 11.5 Å². The van der Waals surface area contributed by atoms with Crippen LogP contribution in [0.5, 0.6) is 0 Å². The predicted molar refractivity (Wildman–Crippen MR) is 57.6 cm³/mol.